The average Bonchev–Trinajstić information content (AvgIpc) is 2.66. The van der Waals surface area contributed by atoms with Crippen LogP contribution in [0.4, 0.5) is 4.39 Å². The molecule has 2 bridgehead atoms. The Kier molecular flexibility index (Phi) is 4.60. The Labute approximate surface area is 113 Å². The Bertz CT molecular complexity index is 389. The Morgan fingerprint density at radius 2 is 1.94 bits per heavy atom. The lowest BCUT2D eigenvalue weighted by molar-refractivity contribution is 0.00907. The third kappa shape index (κ3) is 3.22. The van der Waals surface area contributed by atoms with Crippen molar-refractivity contribution in [1.82, 2.24) is 5.32 Å². The van der Waals surface area contributed by atoms with E-state index in [1.165, 1.54) is 18.9 Å². The number of benzene rings is 1. The summed E-state index contributed by atoms with van der Waals surface area (Å²) in [6, 6.07) is 7.96. The Morgan fingerprint density at radius 3 is 2.61 bits per heavy atom. The Balaban J connectivity index is 0.00000120. The molecule has 2 heterocycles. The zero-order valence-corrected chi connectivity index (χ0v) is 11.1. The fraction of sp³-hybridized carbons (Fsp3) is 0.571. The van der Waals surface area contributed by atoms with Crippen LogP contribution in [0, 0.1) is 5.82 Å². The Morgan fingerprint density at radius 1 is 1.22 bits per heavy atom. The molecule has 0 amide bonds. The highest BCUT2D eigenvalue weighted by Gasteiger charge is 2.33. The zero-order valence-electron chi connectivity index (χ0n) is 10.3. The number of hydrogen-bond acceptors (Lipinski definition) is 2. The number of rotatable bonds is 3. The van der Waals surface area contributed by atoms with Gasteiger partial charge < -0.3 is 10.1 Å². The van der Waals surface area contributed by atoms with Crippen molar-refractivity contribution in [2.24, 2.45) is 0 Å². The van der Waals surface area contributed by atoms with Gasteiger partial charge in [0.05, 0.1) is 12.7 Å². The van der Waals surface area contributed by atoms with Gasteiger partial charge in [-0.3, -0.25) is 0 Å². The van der Waals surface area contributed by atoms with Crippen LogP contribution in [0.2, 0.25) is 0 Å². The Hall–Kier alpha value is -0.640. The van der Waals surface area contributed by atoms with Crippen molar-refractivity contribution < 1.29 is 9.13 Å². The second-order valence-corrected chi connectivity index (χ2v) is 5.17. The first-order valence-corrected chi connectivity index (χ1v) is 6.42. The maximum Gasteiger partial charge on any atom is 0.123 e. The zero-order chi connectivity index (χ0) is 11.7. The smallest absolute Gasteiger partial charge is 0.123 e. The first-order valence-electron chi connectivity index (χ1n) is 6.42. The summed E-state index contributed by atoms with van der Waals surface area (Å²) in [4.78, 5) is 0. The molecule has 2 fully saturated rings. The van der Waals surface area contributed by atoms with Crippen molar-refractivity contribution in [3.63, 3.8) is 0 Å². The molecular weight excluding hydrogens is 253 g/mol. The van der Waals surface area contributed by atoms with Gasteiger partial charge in [0.15, 0.2) is 0 Å². The quantitative estimate of drug-likeness (QED) is 0.912. The highest BCUT2D eigenvalue weighted by molar-refractivity contribution is 5.85. The van der Waals surface area contributed by atoms with E-state index in [4.69, 9.17) is 4.74 Å². The van der Waals surface area contributed by atoms with Crippen LogP contribution in [0.5, 0.6) is 0 Å². The van der Waals surface area contributed by atoms with Crippen molar-refractivity contribution in [3.8, 4) is 0 Å². The molecule has 2 aliphatic heterocycles. The number of piperidine rings is 1. The van der Waals surface area contributed by atoms with Gasteiger partial charge in [0.2, 0.25) is 0 Å². The van der Waals surface area contributed by atoms with Crippen LogP contribution >= 0.6 is 12.4 Å². The fourth-order valence-electron chi connectivity index (χ4n) is 2.98. The van der Waals surface area contributed by atoms with Crippen molar-refractivity contribution >= 4 is 12.4 Å². The number of hydrogen-bond donors (Lipinski definition) is 1. The minimum Gasteiger partial charge on any atom is -0.373 e. The lowest BCUT2D eigenvalue weighted by atomic mass is 10.0. The molecule has 1 N–H and O–H groups in total. The van der Waals surface area contributed by atoms with Crippen LogP contribution in [0.15, 0.2) is 24.3 Å². The van der Waals surface area contributed by atoms with E-state index in [2.05, 4.69) is 5.32 Å². The standard InChI is InChI=1S/C14H18FNO.ClH/c15-11-3-1-2-10(6-11)9-17-14-7-12-4-5-13(8-14)16-12;/h1-3,6,12-14,16H,4-5,7-9H2;1H/t12-,13+,14?;. The van der Waals surface area contributed by atoms with Crippen LogP contribution in [0.25, 0.3) is 0 Å². The molecule has 3 atom stereocenters. The van der Waals surface area contributed by atoms with Crippen molar-refractivity contribution in [3.05, 3.63) is 35.6 Å². The van der Waals surface area contributed by atoms with Gasteiger partial charge in [-0.05, 0) is 43.4 Å². The SMILES string of the molecule is Cl.Fc1cccc(COC2C[C@H]3CC[C@@H](C2)N3)c1. The lowest BCUT2D eigenvalue weighted by Crippen LogP contribution is -2.41. The van der Waals surface area contributed by atoms with E-state index in [0.29, 0.717) is 24.8 Å². The first kappa shape index (κ1) is 13.8. The summed E-state index contributed by atoms with van der Waals surface area (Å²) in [5, 5.41) is 3.59. The molecule has 2 nitrogen and oxygen atoms in total. The summed E-state index contributed by atoms with van der Waals surface area (Å²) in [7, 11) is 0. The van der Waals surface area contributed by atoms with Gasteiger partial charge in [0.25, 0.3) is 0 Å². The molecule has 0 aromatic heterocycles. The minimum absolute atomic E-state index is 0. The summed E-state index contributed by atoms with van der Waals surface area (Å²) in [6.07, 6.45) is 5.11. The maximum atomic E-state index is 13.0. The molecule has 0 aliphatic carbocycles. The number of nitrogens with one attached hydrogen (secondary N) is 1. The summed E-state index contributed by atoms with van der Waals surface area (Å²) < 4.78 is 18.9. The van der Waals surface area contributed by atoms with Crippen LogP contribution < -0.4 is 5.32 Å². The molecule has 2 saturated heterocycles. The summed E-state index contributed by atoms with van der Waals surface area (Å²) >= 11 is 0. The van der Waals surface area contributed by atoms with Gasteiger partial charge in [0, 0.05) is 12.1 Å². The predicted octanol–water partition coefficient (Wildman–Crippen LogP) is 3.05. The van der Waals surface area contributed by atoms with Gasteiger partial charge in [-0.15, -0.1) is 12.4 Å². The average molecular weight is 272 g/mol. The third-order valence-electron chi connectivity index (χ3n) is 3.80. The van der Waals surface area contributed by atoms with Gasteiger partial charge in [-0.1, -0.05) is 12.1 Å². The van der Waals surface area contributed by atoms with Crippen molar-refractivity contribution in [2.45, 2.75) is 50.5 Å². The van der Waals surface area contributed by atoms with E-state index in [9.17, 15) is 4.39 Å². The minimum atomic E-state index is -0.184. The number of fused-ring (bicyclic) bond motifs is 2. The predicted molar refractivity (Wildman–Crippen MR) is 71.4 cm³/mol. The molecule has 2 aliphatic rings. The van der Waals surface area contributed by atoms with Gasteiger partial charge in [-0.25, -0.2) is 4.39 Å². The van der Waals surface area contributed by atoms with Gasteiger partial charge in [0.1, 0.15) is 5.82 Å². The molecule has 1 unspecified atom stereocenters. The van der Waals surface area contributed by atoms with Crippen molar-refractivity contribution in [2.75, 3.05) is 0 Å². The first-order chi connectivity index (χ1) is 8.29. The molecule has 18 heavy (non-hydrogen) atoms. The number of halogens is 2. The van der Waals surface area contributed by atoms with Crippen molar-refractivity contribution in [1.29, 1.82) is 0 Å². The van der Waals surface area contributed by atoms with E-state index in [0.717, 1.165) is 18.4 Å². The summed E-state index contributed by atoms with van der Waals surface area (Å²) in [5.74, 6) is -0.184. The molecule has 3 rings (SSSR count). The lowest BCUT2D eigenvalue weighted by Gasteiger charge is -2.29. The summed E-state index contributed by atoms with van der Waals surface area (Å²) in [6.45, 7) is 0.530. The second kappa shape index (κ2) is 6.00. The van der Waals surface area contributed by atoms with Crippen LogP contribution in [0.1, 0.15) is 31.2 Å². The van der Waals surface area contributed by atoms with Gasteiger partial charge >= 0.3 is 0 Å². The van der Waals surface area contributed by atoms with E-state index in [1.807, 2.05) is 6.07 Å². The van der Waals surface area contributed by atoms with E-state index in [1.54, 1.807) is 12.1 Å². The number of ether oxygens (including phenoxy) is 1. The third-order valence-corrected chi connectivity index (χ3v) is 3.80. The molecule has 0 spiro atoms. The molecule has 1 aromatic carbocycles. The van der Waals surface area contributed by atoms with Crippen LogP contribution in [-0.4, -0.2) is 18.2 Å². The molecule has 100 valence electrons. The van der Waals surface area contributed by atoms with Gasteiger partial charge in [-0.2, -0.15) is 0 Å². The largest absolute Gasteiger partial charge is 0.373 e. The highest BCUT2D eigenvalue weighted by atomic mass is 35.5. The molecule has 0 saturated carbocycles. The summed E-state index contributed by atoms with van der Waals surface area (Å²) in [5.41, 5.74) is 0.927. The highest BCUT2D eigenvalue weighted by Crippen LogP contribution is 2.28. The topological polar surface area (TPSA) is 21.3 Å². The monoisotopic (exact) mass is 271 g/mol. The van der Waals surface area contributed by atoms with E-state index in [-0.39, 0.29) is 18.2 Å². The molecule has 1 aromatic rings. The molecule has 4 heteroatoms. The van der Waals surface area contributed by atoms with Crippen LogP contribution in [0.3, 0.4) is 0 Å². The van der Waals surface area contributed by atoms with E-state index < -0.39 is 0 Å². The van der Waals surface area contributed by atoms with E-state index >= 15 is 0 Å². The molecular formula is C14H19ClFNO. The normalized spacial score (nSPS) is 29.9. The fourth-order valence-corrected chi connectivity index (χ4v) is 2.98. The second-order valence-electron chi connectivity index (χ2n) is 5.17. The maximum absolute atomic E-state index is 13.0. The van der Waals surface area contributed by atoms with Crippen LogP contribution in [-0.2, 0) is 11.3 Å². The molecule has 0 radical (unpaired) electrons.